The number of aromatic amines is 2. The number of fused-ring (bicyclic) bond motifs is 4. The molecule has 3 fully saturated rings. The molecule has 40 nitrogen and oxygen atoms in total. The van der Waals surface area contributed by atoms with E-state index < -0.39 is 52.2 Å². The molecular weight excluding hydrogens is 1880 g/mol. The number of halogens is 6. The van der Waals surface area contributed by atoms with Gasteiger partial charge < -0.3 is 56.9 Å². The van der Waals surface area contributed by atoms with E-state index in [0.29, 0.717) is 47.9 Å². The molecule has 0 unspecified atom stereocenters. The SMILES string of the molecule is CCOC(=O)c1ncc(Br)c(=O)[nH]1.CCOC(=O)c1ncc(Br)c[n+]1O.CCOC(=O)c1ncc(Br)cn1.NC(=O)c1ncc(Br)c(=O)[nH]1.Nc1ccncn1.O=C(O)c1ncc(Br)cn1.O=C1CCCCC1.O=C1NC2(CCCCC2)n2c1ncc(Br)c2=O.O=C1NC2(CCCCC2)n2c1ncc(Nc1ccncn1)c2=O. The van der Waals surface area contributed by atoms with Gasteiger partial charge in [0.15, 0.2) is 18.2 Å². The van der Waals surface area contributed by atoms with Crippen LogP contribution in [0.1, 0.15) is 191 Å². The summed E-state index contributed by atoms with van der Waals surface area (Å²) in [4.78, 5) is 188. The van der Waals surface area contributed by atoms with E-state index in [0.717, 1.165) is 94.4 Å². The molecule has 598 valence electrons. The summed E-state index contributed by atoms with van der Waals surface area (Å²) in [5.41, 5.74) is 7.94. The Balaban J connectivity index is 0.000000203. The first-order chi connectivity index (χ1) is 54.0. The van der Waals surface area contributed by atoms with E-state index in [-0.39, 0.29) is 85.9 Å². The zero-order chi connectivity index (χ0) is 82.8. The van der Waals surface area contributed by atoms with Crippen LogP contribution in [0, 0.1) is 0 Å². The molecule has 2 spiro atoms. The van der Waals surface area contributed by atoms with Gasteiger partial charge in [0.25, 0.3) is 40.0 Å². The fourth-order valence-electron chi connectivity index (χ4n) is 10.4. The summed E-state index contributed by atoms with van der Waals surface area (Å²) in [7, 11) is 0. The third-order valence-electron chi connectivity index (χ3n) is 15.4. The number of carboxylic acids is 1. The number of esters is 3. The minimum Gasteiger partial charge on any atom is -0.475 e. The van der Waals surface area contributed by atoms with Crippen LogP contribution in [0.2, 0.25) is 0 Å². The molecule has 0 bridgehead atoms. The number of amides is 3. The van der Waals surface area contributed by atoms with Crippen LogP contribution in [0.5, 0.6) is 0 Å². The maximum atomic E-state index is 12.9. The van der Waals surface area contributed by atoms with Gasteiger partial charge in [-0.25, -0.2) is 79.0 Å². The molecule has 9 aromatic rings. The molecule has 0 aromatic carbocycles. The number of H-pyrrole nitrogens is 2. The average molecular weight is 1950 g/mol. The van der Waals surface area contributed by atoms with E-state index in [1.807, 2.05) is 0 Å². The van der Waals surface area contributed by atoms with Crippen molar-refractivity contribution < 1.29 is 67.6 Å². The Kier molecular flexibility index (Phi) is 36.7. The van der Waals surface area contributed by atoms with Gasteiger partial charge in [-0.2, -0.15) is 0 Å². The lowest BCUT2D eigenvalue weighted by atomic mass is 9.89. The molecule has 3 amide bonds. The largest absolute Gasteiger partial charge is 0.475 e. The van der Waals surface area contributed by atoms with E-state index >= 15 is 0 Å². The number of hydrogen-bond donors (Lipinski definition) is 9. The quantitative estimate of drug-likeness (QED) is 0.0280. The van der Waals surface area contributed by atoms with Crippen molar-refractivity contribution in [2.24, 2.45) is 5.73 Å². The molecular formula is C67H72Br6N23O17+. The van der Waals surface area contributed by atoms with Crippen molar-refractivity contribution in [2.75, 3.05) is 30.9 Å². The van der Waals surface area contributed by atoms with Crippen molar-refractivity contribution in [3.63, 3.8) is 0 Å². The summed E-state index contributed by atoms with van der Waals surface area (Å²) in [6.45, 7) is 5.91. The minimum atomic E-state index is -1.12. The highest BCUT2D eigenvalue weighted by molar-refractivity contribution is 9.11. The number of ketones is 1. The van der Waals surface area contributed by atoms with Crippen molar-refractivity contribution in [3.8, 4) is 0 Å². The molecule has 3 saturated carbocycles. The highest BCUT2D eigenvalue weighted by Gasteiger charge is 2.46. The van der Waals surface area contributed by atoms with Gasteiger partial charge in [0, 0.05) is 68.6 Å². The molecule has 11 N–H and O–H groups in total. The maximum absolute atomic E-state index is 12.9. The Bertz CT molecular complexity index is 5020. The Morgan fingerprint density at radius 3 is 1.42 bits per heavy atom. The van der Waals surface area contributed by atoms with Crippen molar-refractivity contribution >= 4 is 160 Å². The molecule has 2 aliphatic heterocycles. The predicted octanol–water partition coefficient (Wildman–Crippen LogP) is 7.32. The fourth-order valence-corrected chi connectivity index (χ4v) is 11.8. The van der Waals surface area contributed by atoms with E-state index in [1.54, 1.807) is 49.9 Å². The molecule has 0 radical (unpaired) electrons. The number of nitrogen functional groups attached to an aromatic ring is 1. The monoisotopic (exact) mass is 1940 g/mol. The van der Waals surface area contributed by atoms with Crippen LogP contribution in [-0.4, -0.2) is 161 Å². The molecule has 14 rings (SSSR count). The third-order valence-corrected chi connectivity index (χ3v) is 18.3. The molecule has 11 heterocycles. The average Bonchev–Trinajstić information content (AvgIpc) is 1.60. The molecule has 5 aliphatic rings. The summed E-state index contributed by atoms with van der Waals surface area (Å²) < 4.78 is 20.6. The number of ether oxygens (including phenoxy) is 3. The number of carboxylic acid groups (broad SMARTS) is 1. The number of nitrogens with one attached hydrogen (secondary N) is 5. The number of aromatic carboxylic acids is 1. The Morgan fingerprint density at radius 1 is 0.522 bits per heavy atom. The second-order valence-electron chi connectivity index (χ2n) is 23.3. The second-order valence-corrected chi connectivity index (χ2v) is 28.6. The Labute approximate surface area is 690 Å². The van der Waals surface area contributed by atoms with Gasteiger partial charge in [-0.1, -0.05) is 19.3 Å². The molecule has 0 atom stereocenters. The van der Waals surface area contributed by atoms with Crippen LogP contribution in [-0.2, 0) is 30.3 Å². The van der Waals surface area contributed by atoms with Crippen molar-refractivity contribution in [3.05, 3.63) is 208 Å². The number of carbonyl (C=O) groups excluding carboxylic acids is 7. The lowest BCUT2D eigenvalue weighted by Crippen LogP contribution is -2.48. The molecule has 0 saturated heterocycles. The van der Waals surface area contributed by atoms with Crippen LogP contribution < -0.4 is 54.4 Å². The summed E-state index contributed by atoms with van der Waals surface area (Å²) in [6, 6.07) is 3.30. The van der Waals surface area contributed by atoms with Gasteiger partial charge in [0.05, 0.1) is 35.0 Å². The number of rotatable bonds is 10. The molecule has 113 heavy (non-hydrogen) atoms. The Hall–Kier alpha value is -10.8. The highest BCUT2D eigenvalue weighted by atomic mass is 79.9. The summed E-state index contributed by atoms with van der Waals surface area (Å²) in [5, 5.41) is 26.4. The number of aromatic nitrogens is 18. The lowest BCUT2D eigenvalue weighted by Gasteiger charge is -2.34. The molecule has 9 aromatic heterocycles. The summed E-state index contributed by atoms with van der Waals surface area (Å²) in [6.07, 6.45) is 34.4. The van der Waals surface area contributed by atoms with Gasteiger partial charge in [-0.05, 0) is 202 Å². The number of anilines is 3. The summed E-state index contributed by atoms with van der Waals surface area (Å²) in [5.74, 6) is -2.76. The van der Waals surface area contributed by atoms with Crippen LogP contribution in [0.3, 0.4) is 0 Å². The van der Waals surface area contributed by atoms with Crippen molar-refractivity contribution in [1.29, 1.82) is 0 Å². The number of Topliss-reactive ketones (excluding diaryl/α,β-unsaturated/α-hetero) is 1. The standard InChI is InChI=1S/C15H16N6O2.C11H12BrN3O2.C7H8BrN2O3.C7H7BrN2O3.C7H7BrN2O2.C6H10O.C5H4BrN3O2.C5H3BrN2O2.C4H5N3/c22-13-12-17-8-10(19-11-4-7-16-9-18-11)14(23)21(12)15(20-13)5-2-1-3-6-15;12-7-6-13-8-9(16)14-11(15(8)10(7)17)4-2-1-3-5-11;1-2-13-7(11)6-9-3-5(8)4-10(6)12;1-2-13-7(12)5-9-3-4(8)6(11)10-5;1-2-12-7(11)6-9-3-5(8)4-10-6;7-6-4-2-1-3-5-6;6-2-1-8-4(3(7)10)9-5(2)11;6-3-1-7-4(5(9)10)8-2-3;5-4-1-2-6-3-7-4/h4,7-9H,1-3,5-6H2,(H,20,22)(H,16,18,19);6H,1-5H2,(H,14,16);3-4,12H,2H2,1H3;3H,2H2,1H3,(H,9,10,11);3-4H,2H2,1H3;1-5H2;1H,(H2,7,10)(H,8,9,11);1-2H,(H,9,10);1-3H,(H2,5,6,7)/q;;+1;;;;;;. The maximum Gasteiger partial charge on any atom is 0.448 e. The zero-order valence-electron chi connectivity index (χ0n) is 60.1. The summed E-state index contributed by atoms with van der Waals surface area (Å²) >= 11 is 18.4. The molecule has 3 aliphatic carbocycles. The van der Waals surface area contributed by atoms with Gasteiger partial charge in [0.1, 0.15) is 65.0 Å². The van der Waals surface area contributed by atoms with Crippen LogP contribution in [0.15, 0.2) is 145 Å². The fraction of sp³-hybridized carbons (Fsp3) is 0.343. The third kappa shape index (κ3) is 27.8. The van der Waals surface area contributed by atoms with Gasteiger partial charge >= 0.3 is 29.7 Å². The normalized spacial score (nSPS) is 13.9. The first-order valence-electron chi connectivity index (χ1n) is 33.8. The van der Waals surface area contributed by atoms with E-state index in [1.165, 1.54) is 85.6 Å². The van der Waals surface area contributed by atoms with E-state index in [2.05, 4.69) is 201 Å². The van der Waals surface area contributed by atoms with E-state index in [4.69, 9.17) is 16.6 Å². The smallest absolute Gasteiger partial charge is 0.448 e. The van der Waals surface area contributed by atoms with E-state index in [9.17, 15) is 62.7 Å². The van der Waals surface area contributed by atoms with Crippen LogP contribution >= 0.6 is 95.6 Å². The van der Waals surface area contributed by atoms with Gasteiger partial charge in [-0.15, -0.1) is 0 Å². The molecule has 46 heteroatoms. The van der Waals surface area contributed by atoms with Crippen LogP contribution in [0.4, 0.5) is 17.3 Å². The predicted molar refractivity (Wildman–Crippen MR) is 419 cm³/mol. The lowest BCUT2D eigenvalue weighted by molar-refractivity contribution is -0.908. The highest BCUT2D eigenvalue weighted by Crippen LogP contribution is 2.37. The second kappa shape index (κ2) is 45.6. The first kappa shape index (κ1) is 91.0. The number of primary amides is 1. The first-order valence-corrected chi connectivity index (χ1v) is 38.6. The van der Waals surface area contributed by atoms with Crippen molar-refractivity contribution in [2.45, 2.75) is 128 Å². The Morgan fingerprint density at radius 2 is 0.973 bits per heavy atom. The van der Waals surface area contributed by atoms with Crippen molar-refractivity contribution in [1.82, 2.24) is 94.5 Å². The number of nitrogens with zero attached hydrogens (tertiary/aromatic N) is 16. The minimum absolute atomic E-state index is 0.0834. The zero-order valence-corrected chi connectivity index (χ0v) is 69.6. The number of hydrogen-bond acceptors (Lipinski definition) is 31. The van der Waals surface area contributed by atoms with Crippen LogP contribution in [0.25, 0.3) is 0 Å². The number of carbonyl (C=O) groups is 8. The van der Waals surface area contributed by atoms with Gasteiger partial charge in [-0.3, -0.25) is 52.5 Å². The van der Waals surface area contributed by atoms with Gasteiger partial charge in [0.2, 0.25) is 29.1 Å². The number of nitrogens with two attached hydrogens (primary N) is 2. The topological polar surface area (TPSA) is 574 Å².